The van der Waals surface area contributed by atoms with E-state index in [4.69, 9.17) is 14.2 Å². The number of esters is 1. The number of carboxylic acid groups (broad SMARTS) is 1. The Labute approximate surface area is 221 Å². The molecule has 0 aliphatic heterocycles. The van der Waals surface area contributed by atoms with Crippen LogP contribution in [0.4, 0.5) is 9.59 Å². The van der Waals surface area contributed by atoms with E-state index >= 15 is 0 Å². The number of carboxylic acids is 1. The number of aromatic nitrogens is 2. The van der Waals surface area contributed by atoms with Gasteiger partial charge in [-0.05, 0) is 47.1 Å². The summed E-state index contributed by atoms with van der Waals surface area (Å²) in [6.45, 7) is 10.1. The minimum absolute atomic E-state index is 0.0180. The summed E-state index contributed by atoms with van der Waals surface area (Å²) >= 11 is 0. The lowest BCUT2D eigenvalue weighted by Gasteiger charge is -2.24. The van der Waals surface area contributed by atoms with E-state index in [9.17, 15) is 24.3 Å². The molecular weight excluding hydrogens is 496 g/mol. The van der Waals surface area contributed by atoms with Crippen molar-refractivity contribution in [3.63, 3.8) is 0 Å². The molecule has 0 aliphatic carbocycles. The van der Waals surface area contributed by atoms with Gasteiger partial charge in [-0.2, -0.15) is 0 Å². The smallest absolute Gasteiger partial charge is 0.408 e. The zero-order valence-corrected chi connectivity index (χ0v) is 22.5. The van der Waals surface area contributed by atoms with Gasteiger partial charge in [-0.1, -0.05) is 30.3 Å². The summed E-state index contributed by atoms with van der Waals surface area (Å²) < 4.78 is 17.3. The summed E-state index contributed by atoms with van der Waals surface area (Å²) in [5.74, 6) is -1.95. The van der Waals surface area contributed by atoms with Crippen LogP contribution in [-0.4, -0.2) is 62.1 Å². The van der Waals surface area contributed by atoms with E-state index in [1.165, 1.54) is 17.1 Å². The number of carbonyl (C=O) groups is 4. The Morgan fingerprint density at radius 3 is 2.11 bits per heavy atom. The molecule has 1 aromatic heterocycles. The maximum Gasteiger partial charge on any atom is 0.408 e. The van der Waals surface area contributed by atoms with Gasteiger partial charge in [0.15, 0.2) is 0 Å². The first-order valence-corrected chi connectivity index (χ1v) is 12.0. The van der Waals surface area contributed by atoms with E-state index < -0.39 is 47.4 Å². The molecule has 2 aromatic rings. The first-order chi connectivity index (χ1) is 17.6. The van der Waals surface area contributed by atoms with E-state index in [-0.39, 0.29) is 19.6 Å². The minimum Gasteiger partial charge on any atom is -0.480 e. The van der Waals surface area contributed by atoms with Crippen molar-refractivity contribution >= 4 is 24.1 Å². The predicted molar refractivity (Wildman–Crippen MR) is 136 cm³/mol. The first-order valence-electron chi connectivity index (χ1n) is 12.0. The monoisotopic (exact) mass is 532 g/mol. The van der Waals surface area contributed by atoms with Gasteiger partial charge in [0.05, 0.1) is 18.6 Å². The lowest BCUT2D eigenvalue weighted by atomic mass is 10.1. The number of ether oxygens (including phenoxy) is 3. The molecule has 0 radical (unpaired) electrons. The van der Waals surface area contributed by atoms with Crippen molar-refractivity contribution < 1.29 is 38.5 Å². The quantitative estimate of drug-likeness (QED) is 0.309. The number of aliphatic carboxylic acids is 1. The third-order valence-electron chi connectivity index (χ3n) is 4.68. The van der Waals surface area contributed by atoms with Gasteiger partial charge in [-0.3, -0.25) is 0 Å². The maximum atomic E-state index is 12.8. The average molecular weight is 533 g/mol. The van der Waals surface area contributed by atoms with Crippen LogP contribution in [0.3, 0.4) is 0 Å². The van der Waals surface area contributed by atoms with Crippen LogP contribution < -0.4 is 10.6 Å². The fourth-order valence-electron chi connectivity index (χ4n) is 3.14. The summed E-state index contributed by atoms with van der Waals surface area (Å²) in [6.07, 6.45) is 1.09. The first kappa shape index (κ1) is 30.1. The van der Waals surface area contributed by atoms with E-state index in [1.54, 1.807) is 53.7 Å². The Morgan fingerprint density at radius 2 is 1.53 bits per heavy atom. The number of hydrogen-bond acceptors (Lipinski definition) is 8. The van der Waals surface area contributed by atoms with Crippen LogP contribution in [0.1, 0.15) is 52.8 Å². The van der Waals surface area contributed by atoms with Gasteiger partial charge in [0.1, 0.15) is 29.9 Å². The molecule has 3 N–H and O–H groups in total. The van der Waals surface area contributed by atoms with Crippen LogP contribution in [0.2, 0.25) is 0 Å². The highest BCUT2D eigenvalue weighted by molar-refractivity contribution is 5.81. The van der Waals surface area contributed by atoms with Gasteiger partial charge < -0.3 is 34.5 Å². The lowest BCUT2D eigenvalue weighted by molar-refractivity contribution is -0.157. The van der Waals surface area contributed by atoms with Crippen molar-refractivity contribution in [2.45, 2.75) is 84.4 Å². The molecule has 2 amide bonds. The second-order valence-electron chi connectivity index (χ2n) is 10.6. The van der Waals surface area contributed by atoms with Crippen molar-refractivity contribution in [3.8, 4) is 0 Å². The highest BCUT2D eigenvalue weighted by Crippen LogP contribution is 2.12. The molecule has 0 saturated carbocycles. The Bertz CT molecular complexity index is 1100. The standard InChI is InChI=1S/C26H36N4O8/c1-25(2,3)37-22(33)20(29-23(34)36-15-17-10-8-7-9-11-17)14-30-13-18(27-16-30)12-19(21(31)32)28-24(35)38-26(4,5)6/h7-11,13,16,19-20H,12,14-15H2,1-6H3,(H,28,35)(H,29,34)(H,31,32)/t19-,20+/m0/s1. The van der Waals surface area contributed by atoms with Crippen molar-refractivity contribution in [3.05, 3.63) is 54.1 Å². The van der Waals surface area contributed by atoms with Crippen molar-refractivity contribution in [1.29, 1.82) is 0 Å². The van der Waals surface area contributed by atoms with E-state index in [0.29, 0.717) is 5.69 Å². The molecule has 0 fully saturated rings. The minimum atomic E-state index is -1.29. The molecule has 0 spiro atoms. The topological polar surface area (TPSA) is 158 Å². The summed E-state index contributed by atoms with van der Waals surface area (Å²) in [6, 6.07) is 6.66. The number of alkyl carbamates (subject to hydrolysis) is 2. The van der Waals surface area contributed by atoms with Crippen LogP contribution in [0, 0.1) is 0 Å². The number of imidazole rings is 1. The third-order valence-corrected chi connectivity index (χ3v) is 4.68. The molecule has 0 unspecified atom stereocenters. The summed E-state index contributed by atoms with van der Waals surface area (Å²) in [5, 5.41) is 14.4. The van der Waals surface area contributed by atoms with E-state index in [2.05, 4.69) is 15.6 Å². The Balaban J connectivity index is 2.07. The van der Waals surface area contributed by atoms with Gasteiger partial charge in [0.2, 0.25) is 0 Å². The number of nitrogens with zero attached hydrogens (tertiary/aromatic N) is 2. The summed E-state index contributed by atoms with van der Waals surface area (Å²) in [5.41, 5.74) is -0.472. The molecule has 12 heteroatoms. The van der Waals surface area contributed by atoms with Crippen molar-refractivity contribution in [1.82, 2.24) is 20.2 Å². The third kappa shape index (κ3) is 11.3. The van der Waals surface area contributed by atoms with E-state index in [0.717, 1.165) is 5.56 Å². The molecule has 12 nitrogen and oxygen atoms in total. The molecule has 0 aliphatic rings. The number of rotatable bonds is 10. The second-order valence-corrected chi connectivity index (χ2v) is 10.6. The molecule has 0 saturated heterocycles. The highest BCUT2D eigenvalue weighted by Gasteiger charge is 2.29. The van der Waals surface area contributed by atoms with Gasteiger partial charge >= 0.3 is 24.1 Å². The zero-order valence-electron chi connectivity index (χ0n) is 22.5. The Hall–Kier alpha value is -4.09. The van der Waals surface area contributed by atoms with Crippen LogP contribution in [0.15, 0.2) is 42.9 Å². The van der Waals surface area contributed by atoms with Gasteiger partial charge in [0, 0.05) is 12.6 Å². The van der Waals surface area contributed by atoms with Crippen molar-refractivity contribution in [2.24, 2.45) is 0 Å². The van der Waals surface area contributed by atoms with Crippen LogP contribution >= 0.6 is 0 Å². The van der Waals surface area contributed by atoms with Crippen LogP contribution in [-0.2, 0) is 43.4 Å². The number of nitrogens with one attached hydrogen (secondary N) is 2. The predicted octanol–water partition coefficient (Wildman–Crippen LogP) is 3.04. The van der Waals surface area contributed by atoms with Crippen LogP contribution in [0.5, 0.6) is 0 Å². The molecular formula is C26H36N4O8. The summed E-state index contributed by atoms with van der Waals surface area (Å²) in [7, 11) is 0. The van der Waals surface area contributed by atoms with Gasteiger partial charge in [0.25, 0.3) is 0 Å². The fourth-order valence-corrected chi connectivity index (χ4v) is 3.14. The molecule has 0 bridgehead atoms. The largest absolute Gasteiger partial charge is 0.480 e. The second kappa shape index (κ2) is 12.9. The zero-order chi connectivity index (χ0) is 28.5. The number of carbonyl (C=O) groups excluding carboxylic acids is 3. The number of hydrogen-bond donors (Lipinski definition) is 3. The number of benzene rings is 1. The van der Waals surface area contributed by atoms with E-state index in [1.807, 2.05) is 18.2 Å². The average Bonchev–Trinajstić information content (AvgIpc) is 3.22. The molecule has 1 heterocycles. The highest BCUT2D eigenvalue weighted by atomic mass is 16.6. The SMILES string of the molecule is CC(C)(C)OC(=O)N[C@@H](Cc1cn(C[C@@H](NC(=O)OCc2ccccc2)C(=O)OC(C)(C)C)cn1)C(=O)O. The van der Waals surface area contributed by atoms with Gasteiger partial charge in [-0.15, -0.1) is 0 Å². The molecule has 1 aromatic carbocycles. The van der Waals surface area contributed by atoms with Crippen molar-refractivity contribution in [2.75, 3.05) is 0 Å². The normalized spacial score (nSPS) is 13.1. The lowest BCUT2D eigenvalue weighted by Crippen LogP contribution is -2.46. The fraction of sp³-hybridized carbons (Fsp3) is 0.500. The number of amides is 2. The molecule has 2 rings (SSSR count). The molecule has 2 atom stereocenters. The molecule has 208 valence electrons. The van der Waals surface area contributed by atoms with Gasteiger partial charge in [-0.25, -0.2) is 24.2 Å². The van der Waals surface area contributed by atoms with Crippen LogP contribution in [0.25, 0.3) is 0 Å². The maximum absolute atomic E-state index is 12.8. The Morgan fingerprint density at radius 1 is 0.921 bits per heavy atom. The molecule has 38 heavy (non-hydrogen) atoms. The summed E-state index contributed by atoms with van der Waals surface area (Å²) in [4.78, 5) is 53.1. The Kier molecular flexibility index (Phi) is 10.3.